The number of hydrogen-bond donors (Lipinski definition) is 2. The second-order valence-electron chi connectivity index (χ2n) is 7.61. The third-order valence-electron chi connectivity index (χ3n) is 5.07. The fourth-order valence-electron chi connectivity index (χ4n) is 3.40. The van der Waals surface area contributed by atoms with Crippen molar-refractivity contribution < 1.29 is 22.7 Å². The molecule has 1 heterocycles. The summed E-state index contributed by atoms with van der Waals surface area (Å²) in [5, 5.41) is 6.28. The molecule has 6 nitrogen and oxygen atoms in total. The Balaban J connectivity index is 0.00000385. The van der Waals surface area contributed by atoms with Crippen LogP contribution in [0.25, 0.3) is 0 Å². The van der Waals surface area contributed by atoms with E-state index in [2.05, 4.69) is 15.6 Å². The van der Waals surface area contributed by atoms with Gasteiger partial charge in [-0.25, -0.2) is 0 Å². The molecule has 10 heteroatoms. The largest absolute Gasteiger partial charge is 0.484 e. The number of rotatable bonds is 7. The number of nitrogens with one attached hydrogen (secondary N) is 2. The zero-order chi connectivity index (χ0) is 23.1. The Morgan fingerprint density at radius 3 is 2.42 bits per heavy atom. The Kier molecular flexibility index (Phi) is 9.81. The number of benzene rings is 2. The van der Waals surface area contributed by atoms with Gasteiger partial charge in [-0.05, 0) is 42.7 Å². The van der Waals surface area contributed by atoms with E-state index in [1.807, 2.05) is 30.3 Å². The van der Waals surface area contributed by atoms with Crippen LogP contribution in [0.1, 0.15) is 29.5 Å². The van der Waals surface area contributed by atoms with E-state index in [0.717, 1.165) is 29.8 Å². The first-order valence-corrected chi connectivity index (χ1v) is 10.4. The number of alkyl halides is 3. The van der Waals surface area contributed by atoms with E-state index >= 15 is 0 Å². The van der Waals surface area contributed by atoms with E-state index in [-0.39, 0.29) is 42.2 Å². The van der Waals surface area contributed by atoms with E-state index in [1.54, 1.807) is 31.0 Å². The van der Waals surface area contributed by atoms with Crippen LogP contribution in [-0.4, -0.2) is 38.2 Å². The quantitative estimate of drug-likeness (QED) is 0.289. The van der Waals surface area contributed by atoms with Crippen molar-refractivity contribution in [3.05, 3.63) is 59.2 Å². The molecule has 0 bridgehead atoms. The maximum atomic E-state index is 12.5. The van der Waals surface area contributed by atoms with Crippen LogP contribution >= 0.6 is 24.0 Å². The van der Waals surface area contributed by atoms with Gasteiger partial charge in [-0.2, -0.15) is 13.2 Å². The topological polar surface area (TPSA) is 66.0 Å². The highest BCUT2D eigenvalue weighted by Crippen LogP contribution is 2.24. The molecular weight excluding hydrogens is 548 g/mol. The lowest BCUT2D eigenvalue weighted by atomic mass is 10.1. The minimum Gasteiger partial charge on any atom is -0.484 e. The second-order valence-corrected chi connectivity index (χ2v) is 7.61. The third-order valence-corrected chi connectivity index (χ3v) is 5.07. The van der Waals surface area contributed by atoms with Gasteiger partial charge < -0.3 is 20.3 Å². The molecule has 2 N–H and O–H groups in total. The summed E-state index contributed by atoms with van der Waals surface area (Å²) in [6.07, 6.45) is -2.92. The summed E-state index contributed by atoms with van der Waals surface area (Å²) in [6.45, 7) is 1.96. The lowest BCUT2D eigenvalue weighted by Gasteiger charge is -2.17. The van der Waals surface area contributed by atoms with Crippen molar-refractivity contribution in [3.8, 4) is 5.75 Å². The predicted molar refractivity (Wildman–Crippen MR) is 133 cm³/mol. The Labute approximate surface area is 208 Å². The van der Waals surface area contributed by atoms with Crippen molar-refractivity contribution in [2.45, 2.75) is 39.0 Å². The lowest BCUT2D eigenvalue weighted by Crippen LogP contribution is -2.36. The monoisotopic (exact) mass is 576 g/mol. The van der Waals surface area contributed by atoms with Gasteiger partial charge in [0, 0.05) is 44.4 Å². The first-order valence-electron chi connectivity index (χ1n) is 10.4. The minimum absolute atomic E-state index is 0. The van der Waals surface area contributed by atoms with Gasteiger partial charge >= 0.3 is 6.18 Å². The van der Waals surface area contributed by atoms with Crippen LogP contribution in [0.4, 0.5) is 18.9 Å². The number of carbonyl (C=O) groups is 1. The Bertz CT molecular complexity index is 965. The van der Waals surface area contributed by atoms with Gasteiger partial charge in [-0.15, -0.1) is 24.0 Å². The molecule has 2 aromatic carbocycles. The number of ether oxygens (including phenoxy) is 1. The average molecular weight is 576 g/mol. The second kappa shape index (κ2) is 12.1. The van der Waals surface area contributed by atoms with Crippen molar-refractivity contribution in [1.29, 1.82) is 0 Å². The highest BCUT2D eigenvalue weighted by Gasteiger charge is 2.28. The maximum Gasteiger partial charge on any atom is 0.422 e. The summed E-state index contributed by atoms with van der Waals surface area (Å²) in [5.41, 5.74) is 3.31. The zero-order valence-electron chi connectivity index (χ0n) is 18.5. The fraction of sp³-hybridized carbons (Fsp3) is 0.391. The summed E-state index contributed by atoms with van der Waals surface area (Å²) in [6, 6.07) is 12.9. The number of nitrogens with zero attached hydrogens (tertiary/aromatic N) is 2. The van der Waals surface area contributed by atoms with Gasteiger partial charge in [-0.1, -0.05) is 24.3 Å². The molecule has 0 radical (unpaired) electrons. The number of aliphatic imine (C=N–C) groups is 1. The molecule has 1 aliphatic rings. The summed E-state index contributed by atoms with van der Waals surface area (Å²) in [4.78, 5) is 17.8. The van der Waals surface area contributed by atoms with Crippen LogP contribution in [0.5, 0.6) is 5.75 Å². The van der Waals surface area contributed by atoms with Crippen LogP contribution in [0.3, 0.4) is 0 Å². The molecule has 180 valence electrons. The first kappa shape index (κ1) is 26.7. The van der Waals surface area contributed by atoms with Crippen LogP contribution in [-0.2, 0) is 17.9 Å². The highest BCUT2D eigenvalue weighted by atomic mass is 127. The number of halogens is 4. The molecule has 3 rings (SSSR count). The van der Waals surface area contributed by atoms with Crippen molar-refractivity contribution in [3.63, 3.8) is 0 Å². The maximum absolute atomic E-state index is 12.5. The summed E-state index contributed by atoms with van der Waals surface area (Å²) in [5.74, 6) is 0.846. The molecule has 2 aromatic rings. The molecule has 33 heavy (non-hydrogen) atoms. The van der Waals surface area contributed by atoms with E-state index in [1.165, 1.54) is 0 Å². The Hall–Kier alpha value is -2.50. The lowest BCUT2D eigenvalue weighted by molar-refractivity contribution is -0.153. The normalized spacial score (nSPS) is 14.2. The first-order chi connectivity index (χ1) is 15.2. The van der Waals surface area contributed by atoms with Crippen LogP contribution < -0.4 is 20.3 Å². The molecule has 0 saturated carbocycles. The van der Waals surface area contributed by atoms with Crippen molar-refractivity contribution in [2.75, 3.05) is 25.1 Å². The van der Waals surface area contributed by atoms with Crippen molar-refractivity contribution in [1.82, 2.24) is 10.6 Å². The molecule has 0 aromatic heterocycles. The number of hydrogen-bond acceptors (Lipinski definition) is 3. The average Bonchev–Trinajstić information content (AvgIpc) is 3.19. The van der Waals surface area contributed by atoms with Gasteiger partial charge in [-0.3, -0.25) is 9.79 Å². The molecule has 1 aliphatic heterocycles. The highest BCUT2D eigenvalue weighted by molar-refractivity contribution is 14.0. The van der Waals surface area contributed by atoms with Crippen LogP contribution in [0.15, 0.2) is 47.5 Å². The van der Waals surface area contributed by atoms with Gasteiger partial charge in [0.1, 0.15) is 5.75 Å². The number of carbonyl (C=O) groups excluding carboxylic acids is 1. The number of aryl methyl sites for hydroxylation is 1. The Morgan fingerprint density at radius 1 is 1.12 bits per heavy atom. The number of anilines is 1. The molecular formula is C23H28F3IN4O2. The predicted octanol–water partition coefficient (Wildman–Crippen LogP) is 4.55. The molecule has 0 unspecified atom stereocenters. The summed E-state index contributed by atoms with van der Waals surface area (Å²) in [7, 11) is 1.62. The van der Waals surface area contributed by atoms with Gasteiger partial charge in [0.25, 0.3) is 0 Å². The molecule has 0 spiro atoms. The smallest absolute Gasteiger partial charge is 0.422 e. The molecule has 1 saturated heterocycles. The minimum atomic E-state index is -4.40. The molecule has 0 aliphatic carbocycles. The van der Waals surface area contributed by atoms with Gasteiger partial charge in [0.2, 0.25) is 5.91 Å². The zero-order valence-corrected chi connectivity index (χ0v) is 20.9. The Morgan fingerprint density at radius 2 is 1.82 bits per heavy atom. The number of amides is 1. The molecule has 1 fully saturated rings. The van der Waals surface area contributed by atoms with Crippen LogP contribution in [0.2, 0.25) is 0 Å². The van der Waals surface area contributed by atoms with E-state index in [0.29, 0.717) is 24.5 Å². The van der Waals surface area contributed by atoms with Crippen molar-refractivity contribution in [2.24, 2.45) is 4.99 Å². The van der Waals surface area contributed by atoms with E-state index < -0.39 is 12.8 Å². The third kappa shape index (κ3) is 8.09. The SMILES string of the molecule is CN=C(NCc1ccc(N2CCCC2=O)cc1)NCc1ccc(C)cc1OCC(F)(F)F.I. The van der Waals surface area contributed by atoms with E-state index in [9.17, 15) is 18.0 Å². The van der Waals surface area contributed by atoms with Crippen LogP contribution in [0, 0.1) is 6.92 Å². The molecule has 0 atom stereocenters. The fourth-order valence-corrected chi connectivity index (χ4v) is 3.40. The van der Waals surface area contributed by atoms with Gasteiger partial charge in [0.05, 0.1) is 0 Å². The summed E-state index contributed by atoms with van der Waals surface area (Å²) >= 11 is 0. The summed E-state index contributed by atoms with van der Waals surface area (Å²) < 4.78 is 42.6. The standard InChI is InChI=1S/C23H27F3N4O2.HI/c1-16-5-8-18(20(12-16)32-15-23(24,25)26)14-29-22(27-2)28-13-17-6-9-19(10-7-17)30-11-3-4-21(30)31;/h5-10,12H,3-4,11,13-15H2,1-2H3,(H2,27,28,29);1H. The van der Waals surface area contributed by atoms with Gasteiger partial charge in [0.15, 0.2) is 12.6 Å². The molecule has 1 amide bonds. The van der Waals surface area contributed by atoms with E-state index in [4.69, 9.17) is 4.74 Å². The number of guanidine groups is 1. The van der Waals surface area contributed by atoms with Crippen molar-refractivity contribution >= 4 is 41.5 Å².